The minimum Gasteiger partial charge on any atom is -0.491 e. The number of non-ortho nitro benzene ring substituents is 1. The molecule has 2 aromatic carbocycles. The first-order valence-corrected chi connectivity index (χ1v) is 6.90. The summed E-state index contributed by atoms with van der Waals surface area (Å²) in [5, 5.41) is 20.3. The molecule has 0 spiro atoms. The number of benzene rings is 2. The molecular weight excluding hydrogens is 305 g/mol. The lowest BCUT2D eigenvalue weighted by Crippen LogP contribution is -2.25. The van der Waals surface area contributed by atoms with Crippen LogP contribution >= 0.6 is 0 Å². The van der Waals surface area contributed by atoms with Gasteiger partial charge in [-0.1, -0.05) is 17.7 Å². The van der Waals surface area contributed by atoms with Gasteiger partial charge < -0.3 is 14.6 Å². The third-order valence-electron chi connectivity index (χ3n) is 3.02. The van der Waals surface area contributed by atoms with E-state index in [4.69, 9.17) is 9.47 Å². The van der Waals surface area contributed by atoms with Gasteiger partial charge in [0.15, 0.2) is 11.6 Å². The van der Waals surface area contributed by atoms with Gasteiger partial charge in [0.2, 0.25) is 0 Å². The number of hydrogen-bond donors (Lipinski definition) is 1. The number of aryl methyl sites for hydroxylation is 1. The summed E-state index contributed by atoms with van der Waals surface area (Å²) in [5.74, 6) is -0.410. The van der Waals surface area contributed by atoms with Crippen molar-refractivity contribution in [1.29, 1.82) is 0 Å². The Bertz CT molecular complexity index is 675. The van der Waals surface area contributed by atoms with E-state index in [0.717, 1.165) is 23.8 Å². The van der Waals surface area contributed by atoms with Gasteiger partial charge in [-0.2, -0.15) is 0 Å². The van der Waals surface area contributed by atoms with E-state index in [9.17, 15) is 19.6 Å². The molecule has 0 aliphatic rings. The largest absolute Gasteiger partial charge is 0.491 e. The zero-order valence-corrected chi connectivity index (χ0v) is 12.4. The van der Waals surface area contributed by atoms with E-state index in [1.54, 1.807) is 12.1 Å². The van der Waals surface area contributed by atoms with E-state index in [1.165, 1.54) is 0 Å². The summed E-state index contributed by atoms with van der Waals surface area (Å²) in [6.45, 7) is 1.74. The van der Waals surface area contributed by atoms with Gasteiger partial charge in [-0.25, -0.2) is 4.39 Å². The molecule has 0 aromatic heterocycles. The lowest BCUT2D eigenvalue weighted by molar-refractivity contribution is -0.385. The molecule has 0 aliphatic carbocycles. The first kappa shape index (κ1) is 16.7. The van der Waals surface area contributed by atoms with Crippen molar-refractivity contribution in [3.63, 3.8) is 0 Å². The van der Waals surface area contributed by atoms with Gasteiger partial charge in [0.05, 0.1) is 11.0 Å². The molecule has 6 nitrogen and oxygen atoms in total. The highest BCUT2D eigenvalue weighted by Gasteiger charge is 2.13. The Labute approximate surface area is 132 Å². The second kappa shape index (κ2) is 7.55. The van der Waals surface area contributed by atoms with Crippen LogP contribution in [0.25, 0.3) is 0 Å². The highest BCUT2D eigenvalue weighted by molar-refractivity contribution is 5.37. The third-order valence-corrected chi connectivity index (χ3v) is 3.02. The van der Waals surface area contributed by atoms with Crippen molar-refractivity contribution in [2.24, 2.45) is 0 Å². The van der Waals surface area contributed by atoms with Crippen LogP contribution in [0.2, 0.25) is 0 Å². The second-order valence-electron chi connectivity index (χ2n) is 4.96. The average Bonchev–Trinajstić information content (AvgIpc) is 2.53. The first-order valence-electron chi connectivity index (χ1n) is 6.90. The molecule has 1 atom stereocenters. The van der Waals surface area contributed by atoms with Gasteiger partial charge in [0, 0.05) is 6.07 Å². The quantitative estimate of drug-likeness (QED) is 0.626. The zero-order valence-electron chi connectivity index (χ0n) is 12.4. The number of nitro groups is 1. The molecular formula is C16H16FNO5. The fourth-order valence-corrected chi connectivity index (χ4v) is 1.78. The fraction of sp³-hybridized carbons (Fsp3) is 0.250. The lowest BCUT2D eigenvalue weighted by Gasteiger charge is -2.14. The molecule has 1 N–H and O–H groups in total. The molecule has 0 bridgehead atoms. The Morgan fingerprint density at radius 1 is 1.17 bits per heavy atom. The van der Waals surface area contributed by atoms with Crippen molar-refractivity contribution < 1.29 is 23.9 Å². The number of nitrogens with zero attached hydrogens (tertiary/aromatic N) is 1. The Morgan fingerprint density at radius 3 is 2.43 bits per heavy atom. The Morgan fingerprint density at radius 2 is 1.83 bits per heavy atom. The van der Waals surface area contributed by atoms with Crippen LogP contribution < -0.4 is 9.47 Å². The summed E-state index contributed by atoms with van der Waals surface area (Å²) >= 11 is 0. The summed E-state index contributed by atoms with van der Waals surface area (Å²) in [5.41, 5.74) is 0.730. The minimum absolute atomic E-state index is 0.0162. The van der Waals surface area contributed by atoms with E-state index in [0.29, 0.717) is 5.75 Å². The summed E-state index contributed by atoms with van der Waals surface area (Å²) in [7, 11) is 0. The number of ether oxygens (including phenoxy) is 2. The van der Waals surface area contributed by atoms with E-state index in [-0.39, 0.29) is 24.7 Å². The first-order chi connectivity index (χ1) is 11.0. The number of halogens is 1. The fourth-order valence-electron chi connectivity index (χ4n) is 1.78. The van der Waals surface area contributed by atoms with Crippen LogP contribution in [0.1, 0.15) is 5.56 Å². The SMILES string of the molecule is Cc1ccc(OCC(O)COc2ccc([N+](=O)[O-])cc2F)cc1. The summed E-state index contributed by atoms with van der Waals surface area (Å²) < 4.78 is 24.1. The van der Waals surface area contributed by atoms with Gasteiger partial charge in [0.1, 0.15) is 25.1 Å². The highest BCUT2D eigenvalue weighted by Crippen LogP contribution is 2.22. The molecule has 0 fully saturated rings. The van der Waals surface area contributed by atoms with Crippen LogP contribution in [0.5, 0.6) is 11.5 Å². The van der Waals surface area contributed by atoms with E-state index in [1.807, 2.05) is 19.1 Å². The predicted molar refractivity (Wildman–Crippen MR) is 81.2 cm³/mol. The minimum atomic E-state index is -0.967. The number of hydrogen-bond acceptors (Lipinski definition) is 5. The molecule has 122 valence electrons. The molecule has 0 heterocycles. The molecule has 0 aliphatic heterocycles. The predicted octanol–water partition coefficient (Wildman–Crippen LogP) is 2.86. The van der Waals surface area contributed by atoms with Crippen molar-refractivity contribution in [3.8, 4) is 11.5 Å². The Kier molecular flexibility index (Phi) is 5.48. The topological polar surface area (TPSA) is 81.8 Å². The second-order valence-corrected chi connectivity index (χ2v) is 4.96. The monoisotopic (exact) mass is 321 g/mol. The normalized spacial score (nSPS) is 11.8. The van der Waals surface area contributed by atoms with Crippen LogP contribution in [0.4, 0.5) is 10.1 Å². The van der Waals surface area contributed by atoms with Crippen molar-refractivity contribution in [3.05, 3.63) is 64.0 Å². The highest BCUT2D eigenvalue weighted by atomic mass is 19.1. The van der Waals surface area contributed by atoms with Crippen LogP contribution in [-0.4, -0.2) is 29.3 Å². The summed E-state index contributed by atoms with van der Waals surface area (Å²) in [4.78, 5) is 9.82. The van der Waals surface area contributed by atoms with Gasteiger partial charge in [0.25, 0.3) is 5.69 Å². The molecule has 0 radical (unpaired) electrons. The Hall–Kier alpha value is -2.67. The molecule has 7 heteroatoms. The van der Waals surface area contributed by atoms with E-state index < -0.39 is 16.8 Å². The molecule has 2 aromatic rings. The molecule has 23 heavy (non-hydrogen) atoms. The van der Waals surface area contributed by atoms with E-state index in [2.05, 4.69) is 0 Å². The maximum atomic E-state index is 13.6. The van der Waals surface area contributed by atoms with Crippen LogP contribution in [0.15, 0.2) is 42.5 Å². The van der Waals surface area contributed by atoms with Crippen LogP contribution in [-0.2, 0) is 0 Å². The lowest BCUT2D eigenvalue weighted by atomic mass is 10.2. The number of nitro benzene ring substituents is 1. The third kappa shape index (κ3) is 4.93. The van der Waals surface area contributed by atoms with Gasteiger partial charge in [-0.05, 0) is 25.1 Å². The van der Waals surface area contributed by atoms with Crippen LogP contribution in [0.3, 0.4) is 0 Å². The maximum absolute atomic E-state index is 13.6. The zero-order chi connectivity index (χ0) is 16.8. The maximum Gasteiger partial charge on any atom is 0.272 e. The van der Waals surface area contributed by atoms with E-state index >= 15 is 0 Å². The summed E-state index contributed by atoms with van der Waals surface area (Å²) in [6.07, 6.45) is -0.967. The average molecular weight is 321 g/mol. The van der Waals surface area contributed by atoms with Gasteiger partial charge in [-0.3, -0.25) is 10.1 Å². The number of aliphatic hydroxyl groups excluding tert-OH is 1. The molecule has 0 saturated heterocycles. The van der Waals surface area contributed by atoms with Crippen LogP contribution in [0, 0.1) is 22.9 Å². The molecule has 2 rings (SSSR count). The molecule has 0 amide bonds. The Balaban J connectivity index is 1.83. The molecule has 0 saturated carbocycles. The standard InChI is InChI=1S/C16H16FNO5/c1-11-2-5-14(6-3-11)22-9-13(19)10-23-16-7-4-12(18(20)21)8-15(16)17/h2-8,13,19H,9-10H2,1H3. The summed E-state index contributed by atoms with van der Waals surface area (Å²) in [6, 6.07) is 10.4. The van der Waals surface area contributed by atoms with Crippen molar-refractivity contribution in [1.82, 2.24) is 0 Å². The molecule has 1 unspecified atom stereocenters. The number of rotatable bonds is 7. The van der Waals surface area contributed by atoms with Gasteiger partial charge in [-0.15, -0.1) is 0 Å². The number of aliphatic hydroxyl groups is 1. The smallest absolute Gasteiger partial charge is 0.272 e. The van der Waals surface area contributed by atoms with Gasteiger partial charge >= 0.3 is 0 Å². The van der Waals surface area contributed by atoms with Crippen molar-refractivity contribution in [2.45, 2.75) is 13.0 Å². The van der Waals surface area contributed by atoms with Crippen molar-refractivity contribution in [2.75, 3.05) is 13.2 Å². The van der Waals surface area contributed by atoms with Crippen molar-refractivity contribution >= 4 is 5.69 Å².